The van der Waals surface area contributed by atoms with E-state index in [1.54, 1.807) is 18.2 Å². The maximum Gasteiger partial charge on any atom is 0.345 e. The van der Waals surface area contributed by atoms with Crippen molar-refractivity contribution in [2.45, 2.75) is 33.3 Å². The molecule has 1 N–H and O–H groups in total. The van der Waals surface area contributed by atoms with Crippen molar-refractivity contribution in [1.29, 1.82) is 0 Å². The molecular formula is C18H19ClO3. The summed E-state index contributed by atoms with van der Waals surface area (Å²) in [6.45, 7) is 5.82. The van der Waals surface area contributed by atoms with Gasteiger partial charge < -0.3 is 9.84 Å². The lowest BCUT2D eigenvalue weighted by Gasteiger charge is -2.18. The molecule has 0 saturated heterocycles. The van der Waals surface area contributed by atoms with Crippen molar-refractivity contribution >= 4 is 17.6 Å². The molecule has 0 aliphatic rings. The maximum atomic E-state index is 11.5. The molecule has 0 spiro atoms. The van der Waals surface area contributed by atoms with Crippen LogP contribution in [0.5, 0.6) is 5.75 Å². The van der Waals surface area contributed by atoms with E-state index in [0.29, 0.717) is 17.2 Å². The zero-order chi connectivity index (χ0) is 16.3. The largest absolute Gasteiger partial charge is 0.478 e. The number of carboxylic acids is 1. The number of halogens is 1. The lowest BCUT2D eigenvalue weighted by molar-refractivity contribution is -0.145. The second-order valence-corrected chi connectivity index (χ2v) is 5.84. The summed E-state index contributed by atoms with van der Waals surface area (Å²) in [6.07, 6.45) is -0.601. The lowest BCUT2D eigenvalue weighted by Crippen LogP contribution is -2.30. The molecule has 0 aromatic heterocycles. The van der Waals surface area contributed by atoms with Crippen molar-refractivity contribution in [3.63, 3.8) is 0 Å². The highest BCUT2D eigenvalue weighted by molar-refractivity contribution is 6.31. The highest BCUT2D eigenvalue weighted by Gasteiger charge is 2.22. The van der Waals surface area contributed by atoms with Gasteiger partial charge in [-0.25, -0.2) is 4.79 Å². The van der Waals surface area contributed by atoms with Gasteiger partial charge >= 0.3 is 5.97 Å². The Morgan fingerprint density at radius 1 is 1.14 bits per heavy atom. The van der Waals surface area contributed by atoms with E-state index in [9.17, 15) is 9.90 Å². The summed E-state index contributed by atoms with van der Waals surface area (Å²) in [5.41, 5.74) is 4.01. The van der Waals surface area contributed by atoms with Gasteiger partial charge in [-0.3, -0.25) is 0 Å². The van der Waals surface area contributed by atoms with Gasteiger partial charge in [0, 0.05) is 11.4 Å². The Kier molecular flexibility index (Phi) is 5.09. The van der Waals surface area contributed by atoms with Crippen molar-refractivity contribution in [2.75, 3.05) is 0 Å². The Morgan fingerprint density at radius 2 is 1.77 bits per heavy atom. The maximum absolute atomic E-state index is 11.5. The molecule has 0 amide bonds. The van der Waals surface area contributed by atoms with Crippen molar-refractivity contribution < 1.29 is 14.6 Å². The van der Waals surface area contributed by atoms with E-state index in [2.05, 4.69) is 0 Å². The normalized spacial score (nSPS) is 12.0. The average molecular weight is 319 g/mol. The lowest BCUT2D eigenvalue weighted by atomic mass is 9.97. The standard InChI is InChI=1S/C18H19ClO3/c1-11-5-4-6-12(2)15(11)10-17(18(20)21)22-14-7-8-16(19)13(3)9-14/h4-9,17H,10H2,1-3H3,(H,20,21). The summed E-state index contributed by atoms with van der Waals surface area (Å²) in [5, 5.41) is 10.1. The first-order valence-electron chi connectivity index (χ1n) is 7.09. The van der Waals surface area contributed by atoms with Crippen LogP contribution in [0.15, 0.2) is 36.4 Å². The fourth-order valence-electron chi connectivity index (χ4n) is 2.39. The number of benzene rings is 2. The molecule has 0 bridgehead atoms. The van der Waals surface area contributed by atoms with Crippen molar-refractivity contribution in [3.8, 4) is 5.75 Å². The molecule has 2 rings (SSSR count). The second kappa shape index (κ2) is 6.84. The fraction of sp³-hybridized carbons (Fsp3) is 0.278. The summed E-state index contributed by atoms with van der Waals surface area (Å²) in [5.74, 6) is -0.462. The first-order chi connectivity index (χ1) is 10.4. The fourth-order valence-corrected chi connectivity index (χ4v) is 2.51. The van der Waals surface area contributed by atoms with Crippen LogP contribution < -0.4 is 4.74 Å². The summed E-state index contributed by atoms with van der Waals surface area (Å²) in [4.78, 5) is 11.5. The molecule has 0 fully saturated rings. The smallest absolute Gasteiger partial charge is 0.345 e. The summed E-state index contributed by atoms with van der Waals surface area (Å²) < 4.78 is 5.67. The van der Waals surface area contributed by atoms with Gasteiger partial charge in [-0.1, -0.05) is 29.8 Å². The summed E-state index contributed by atoms with van der Waals surface area (Å²) in [7, 11) is 0. The van der Waals surface area contributed by atoms with Gasteiger partial charge in [-0.2, -0.15) is 0 Å². The Labute approximate surface area is 135 Å². The minimum absolute atomic E-state index is 0.329. The number of ether oxygens (including phenoxy) is 1. The molecule has 4 heteroatoms. The van der Waals surface area contributed by atoms with Crippen LogP contribution in [0.3, 0.4) is 0 Å². The third-order valence-electron chi connectivity index (χ3n) is 3.72. The predicted molar refractivity (Wildman–Crippen MR) is 87.9 cm³/mol. The van der Waals surface area contributed by atoms with E-state index in [0.717, 1.165) is 22.3 Å². The number of aliphatic carboxylic acids is 1. The van der Waals surface area contributed by atoms with Crippen LogP contribution in [0, 0.1) is 20.8 Å². The number of carbonyl (C=O) groups is 1. The highest BCUT2D eigenvalue weighted by Crippen LogP contribution is 2.23. The molecule has 2 aromatic rings. The zero-order valence-electron chi connectivity index (χ0n) is 12.9. The van der Waals surface area contributed by atoms with Crippen molar-refractivity contribution in [1.82, 2.24) is 0 Å². The quantitative estimate of drug-likeness (QED) is 0.892. The third-order valence-corrected chi connectivity index (χ3v) is 4.14. The molecule has 0 radical (unpaired) electrons. The molecule has 0 aliphatic heterocycles. The molecule has 2 aromatic carbocycles. The van der Waals surface area contributed by atoms with Gasteiger partial charge in [0.2, 0.25) is 0 Å². The minimum Gasteiger partial charge on any atom is -0.478 e. The Bertz CT molecular complexity index is 674. The monoisotopic (exact) mass is 318 g/mol. The van der Waals surface area contributed by atoms with Gasteiger partial charge in [0.1, 0.15) is 5.75 Å². The van der Waals surface area contributed by atoms with E-state index < -0.39 is 12.1 Å². The Hall–Kier alpha value is -2.00. The Balaban J connectivity index is 2.24. The van der Waals surface area contributed by atoms with Crippen LogP contribution in [0.4, 0.5) is 0 Å². The van der Waals surface area contributed by atoms with Gasteiger partial charge in [0.25, 0.3) is 0 Å². The van der Waals surface area contributed by atoms with Crippen LogP contribution in [0.25, 0.3) is 0 Å². The molecular weight excluding hydrogens is 300 g/mol. The number of hydrogen-bond donors (Lipinski definition) is 1. The summed E-state index contributed by atoms with van der Waals surface area (Å²) in [6, 6.07) is 11.1. The molecule has 0 aliphatic carbocycles. The third kappa shape index (κ3) is 3.80. The molecule has 0 saturated carbocycles. The number of hydrogen-bond acceptors (Lipinski definition) is 2. The van der Waals surface area contributed by atoms with E-state index in [4.69, 9.17) is 16.3 Å². The van der Waals surface area contributed by atoms with E-state index in [-0.39, 0.29) is 0 Å². The second-order valence-electron chi connectivity index (χ2n) is 5.43. The SMILES string of the molecule is Cc1cc(OC(Cc2c(C)cccc2C)C(=O)O)ccc1Cl. The van der Waals surface area contributed by atoms with Gasteiger partial charge in [0.05, 0.1) is 0 Å². The molecule has 116 valence electrons. The predicted octanol–water partition coefficient (Wildman–Crippen LogP) is 4.34. The first-order valence-corrected chi connectivity index (χ1v) is 7.47. The average Bonchev–Trinajstić information content (AvgIpc) is 2.45. The zero-order valence-corrected chi connectivity index (χ0v) is 13.6. The van der Waals surface area contributed by atoms with Gasteiger partial charge in [-0.05, 0) is 61.2 Å². The number of rotatable bonds is 5. The van der Waals surface area contributed by atoms with Gasteiger partial charge in [0.15, 0.2) is 6.10 Å². The topological polar surface area (TPSA) is 46.5 Å². The van der Waals surface area contributed by atoms with E-state index in [1.807, 2.05) is 39.0 Å². The van der Waals surface area contributed by atoms with E-state index >= 15 is 0 Å². The molecule has 1 unspecified atom stereocenters. The van der Waals surface area contributed by atoms with Crippen molar-refractivity contribution in [3.05, 3.63) is 63.7 Å². The van der Waals surface area contributed by atoms with Gasteiger partial charge in [-0.15, -0.1) is 0 Å². The van der Waals surface area contributed by atoms with Crippen LogP contribution in [0.2, 0.25) is 5.02 Å². The number of carboxylic acid groups (broad SMARTS) is 1. The van der Waals surface area contributed by atoms with Crippen LogP contribution in [-0.2, 0) is 11.2 Å². The number of aryl methyl sites for hydroxylation is 3. The molecule has 3 nitrogen and oxygen atoms in total. The first kappa shape index (κ1) is 16.4. The molecule has 1 atom stereocenters. The van der Waals surface area contributed by atoms with E-state index in [1.165, 1.54) is 0 Å². The Morgan fingerprint density at radius 3 is 2.32 bits per heavy atom. The molecule has 22 heavy (non-hydrogen) atoms. The summed E-state index contributed by atoms with van der Waals surface area (Å²) >= 11 is 5.98. The minimum atomic E-state index is -0.977. The van der Waals surface area contributed by atoms with Crippen LogP contribution in [0.1, 0.15) is 22.3 Å². The highest BCUT2D eigenvalue weighted by atomic mass is 35.5. The van der Waals surface area contributed by atoms with Crippen LogP contribution in [-0.4, -0.2) is 17.2 Å². The molecule has 0 heterocycles. The van der Waals surface area contributed by atoms with Crippen LogP contribution >= 0.6 is 11.6 Å². The van der Waals surface area contributed by atoms with Crippen molar-refractivity contribution in [2.24, 2.45) is 0 Å².